The third-order valence-electron chi connectivity index (χ3n) is 9.49. The Morgan fingerprint density at radius 1 is 0.860 bits per heavy atom. The van der Waals surface area contributed by atoms with E-state index >= 15 is 0 Å². The molecule has 5 heterocycles. The lowest BCUT2D eigenvalue weighted by Crippen LogP contribution is -2.37. The number of aromatic nitrogens is 3. The fraction of sp³-hybridized carbons (Fsp3) is 0.350. The molecule has 0 spiro atoms. The lowest BCUT2D eigenvalue weighted by molar-refractivity contribution is 0.0357. The average molecular weight is 674 g/mol. The number of benzene rings is 2. The van der Waals surface area contributed by atoms with Gasteiger partial charge in [-0.2, -0.15) is 0 Å². The number of nitrogens with zero attached hydrogens (tertiary/aromatic N) is 5. The first-order valence-electron chi connectivity index (χ1n) is 17.4. The Morgan fingerprint density at radius 2 is 1.68 bits per heavy atom. The van der Waals surface area contributed by atoms with Gasteiger partial charge in [0.15, 0.2) is 17.3 Å². The van der Waals surface area contributed by atoms with E-state index in [4.69, 9.17) is 18.9 Å². The molecule has 258 valence electrons. The normalized spacial score (nSPS) is 15.6. The van der Waals surface area contributed by atoms with E-state index in [0.717, 1.165) is 81.8 Å². The summed E-state index contributed by atoms with van der Waals surface area (Å²) >= 11 is 0. The van der Waals surface area contributed by atoms with Gasteiger partial charge in [-0.1, -0.05) is 30.3 Å². The standard InChI is InChI=1S/C40H43N5O5/c1-47-39-26-34-35(27-40(39)49-21-5-16-44-19-22-48-23-20-44)41-15-11-38(34)50-33-9-8-31(43-28-33)24-37(46)36-25-32(10-14-42-36)45-17-12-30(13-18-45)29-6-3-2-4-7-29/h2-4,6-11,14-15,25-28,30H,5,12-13,16-24H2,1H3. The van der Waals surface area contributed by atoms with Crippen LogP contribution < -0.4 is 19.1 Å². The second-order valence-corrected chi connectivity index (χ2v) is 12.7. The van der Waals surface area contributed by atoms with Gasteiger partial charge in [0, 0.05) is 68.0 Å². The zero-order valence-corrected chi connectivity index (χ0v) is 28.5. The van der Waals surface area contributed by atoms with Gasteiger partial charge in [0.1, 0.15) is 17.2 Å². The third-order valence-corrected chi connectivity index (χ3v) is 9.49. The first-order valence-corrected chi connectivity index (χ1v) is 17.4. The molecule has 2 fully saturated rings. The molecule has 2 aliphatic heterocycles. The van der Waals surface area contributed by atoms with E-state index < -0.39 is 0 Å². The van der Waals surface area contributed by atoms with Crippen molar-refractivity contribution in [1.29, 1.82) is 0 Å². The number of fused-ring (bicyclic) bond motifs is 1. The van der Waals surface area contributed by atoms with E-state index in [1.165, 1.54) is 5.56 Å². The summed E-state index contributed by atoms with van der Waals surface area (Å²) in [5.74, 6) is 2.93. The van der Waals surface area contributed by atoms with Crippen LogP contribution in [-0.2, 0) is 11.2 Å². The molecular formula is C40H43N5O5. The minimum absolute atomic E-state index is 0.0708. The van der Waals surface area contributed by atoms with Crippen LogP contribution >= 0.6 is 0 Å². The second kappa shape index (κ2) is 16.1. The number of morpholine rings is 1. The van der Waals surface area contributed by atoms with E-state index in [0.29, 0.717) is 46.9 Å². The number of ether oxygens (including phenoxy) is 4. The van der Waals surface area contributed by atoms with Crippen molar-refractivity contribution in [2.75, 3.05) is 64.6 Å². The number of pyridine rings is 3. The summed E-state index contributed by atoms with van der Waals surface area (Å²) in [7, 11) is 1.63. The molecule has 0 aliphatic carbocycles. The molecule has 2 saturated heterocycles. The molecule has 2 aliphatic rings. The summed E-state index contributed by atoms with van der Waals surface area (Å²) in [4.78, 5) is 31.5. The molecule has 10 heteroatoms. The maximum atomic E-state index is 13.3. The summed E-state index contributed by atoms with van der Waals surface area (Å²) in [5.41, 5.74) is 4.27. The molecule has 2 aromatic carbocycles. The van der Waals surface area contributed by atoms with Crippen LogP contribution in [0, 0.1) is 0 Å². The van der Waals surface area contributed by atoms with Crippen molar-refractivity contribution >= 4 is 22.4 Å². The number of methoxy groups -OCH3 is 1. The lowest BCUT2D eigenvalue weighted by Gasteiger charge is -2.34. The topological polar surface area (TPSA) is 99.1 Å². The number of anilines is 1. The van der Waals surface area contributed by atoms with Crippen LogP contribution in [-0.4, -0.2) is 85.3 Å². The van der Waals surface area contributed by atoms with Crippen LogP contribution in [0.15, 0.2) is 91.4 Å². The van der Waals surface area contributed by atoms with Crippen LogP contribution in [0.25, 0.3) is 10.9 Å². The predicted octanol–water partition coefficient (Wildman–Crippen LogP) is 6.74. The fourth-order valence-corrected chi connectivity index (χ4v) is 6.71. The van der Waals surface area contributed by atoms with Crippen molar-refractivity contribution in [3.8, 4) is 23.0 Å². The van der Waals surface area contributed by atoms with Crippen LogP contribution in [0.1, 0.15) is 46.9 Å². The summed E-state index contributed by atoms with van der Waals surface area (Å²) in [6.07, 6.45) is 8.30. The Morgan fingerprint density at radius 3 is 2.46 bits per heavy atom. The molecule has 5 aromatic rings. The van der Waals surface area contributed by atoms with Gasteiger partial charge >= 0.3 is 0 Å². The zero-order valence-electron chi connectivity index (χ0n) is 28.5. The molecule has 0 atom stereocenters. The number of hydrogen-bond acceptors (Lipinski definition) is 10. The number of rotatable bonds is 13. The SMILES string of the molecule is COc1cc2c(Oc3ccc(CC(=O)c4cc(N5CCC(c6ccccc6)CC5)ccn4)nc3)ccnc2cc1OCCCN1CCOCC1. The number of carbonyl (C=O) groups is 1. The molecule has 3 aromatic heterocycles. The molecular weight excluding hydrogens is 630 g/mol. The van der Waals surface area contributed by atoms with Crippen LogP contribution in [0.5, 0.6) is 23.0 Å². The molecule has 7 rings (SSSR count). The van der Waals surface area contributed by atoms with Crippen molar-refractivity contribution in [3.63, 3.8) is 0 Å². The summed E-state index contributed by atoms with van der Waals surface area (Å²) in [5, 5.41) is 0.791. The second-order valence-electron chi connectivity index (χ2n) is 12.7. The highest BCUT2D eigenvalue weighted by Gasteiger charge is 2.22. The molecule has 50 heavy (non-hydrogen) atoms. The van der Waals surface area contributed by atoms with Crippen LogP contribution in [0.3, 0.4) is 0 Å². The van der Waals surface area contributed by atoms with Gasteiger partial charge in [0.25, 0.3) is 0 Å². The number of piperidine rings is 1. The third kappa shape index (κ3) is 8.21. The van der Waals surface area contributed by atoms with Crippen molar-refractivity contribution in [3.05, 3.63) is 108 Å². The molecule has 10 nitrogen and oxygen atoms in total. The van der Waals surface area contributed by atoms with E-state index in [1.807, 2.05) is 42.5 Å². The molecule has 0 radical (unpaired) electrons. The monoisotopic (exact) mass is 673 g/mol. The smallest absolute Gasteiger partial charge is 0.187 e. The van der Waals surface area contributed by atoms with E-state index in [9.17, 15) is 4.79 Å². The van der Waals surface area contributed by atoms with Crippen molar-refractivity contribution in [1.82, 2.24) is 19.9 Å². The average Bonchev–Trinajstić information content (AvgIpc) is 3.18. The zero-order chi connectivity index (χ0) is 34.1. The van der Waals surface area contributed by atoms with Crippen LogP contribution in [0.4, 0.5) is 5.69 Å². The van der Waals surface area contributed by atoms with Gasteiger partial charge in [-0.25, -0.2) is 0 Å². The van der Waals surface area contributed by atoms with Gasteiger partial charge < -0.3 is 23.8 Å². The van der Waals surface area contributed by atoms with Gasteiger partial charge in [-0.3, -0.25) is 24.6 Å². The lowest BCUT2D eigenvalue weighted by atomic mass is 9.89. The highest BCUT2D eigenvalue weighted by Crippen LogP contribution is 2.37. The molecule has 0 unspecified atom stereocenters. The maximum absolute atomic E-state index is 13.3. The molecule has 0 saturated carbocycles. The highest BCUT2D eigenvalue weighted by atomic mass is 16.5. The first kappa shape index (κ1) is 33.4. The quantitative estimate of drug-likeness (QED) is 0.0988. The van der Waals surface area contributed by atoms with E-state index in [2.05, 4.69) is 55.1 Å². The minimum Gasteiger partial charge on any atom is -0.493 e. The number of hydrogen-bond donors (Lipinski definition) is 0. The Hall–Kier alpha value is -5.06. The fourth-order valence-electron chi connectivity index (χ4n) is 6.71. The van der Waals surface area contributed by atoms with Gasteiger partial charge in [0.2, 0.25) is 0 Å². The number of Topliss-reactive ketones (excluding diaryl/α,β-unsaturated/α-hetero) is 1. The van der Waals surface area contributed by atoms with Gasteiger partial charge in [-0.15, -0.1) is 0 Å². The molecule has 0 N–H and O–H groups in total. The summed E-state index contributed by atoms with van der Waals surface area (Å²) < 4.78 is 23.5. The van der Waals surface area contributed by atoms with E-state index in [1.54, 1.807) is 25.7 Å². The Labute approximate surface area is 293 Å². The van der Waals surface area contributed by atoms with Crippen LogP contribution in [0.2, 0.25) is 0 Å². The maximum Gasteiger partial charge on any atom is 0.187 e. The first-order chi connectivity index (χ1) is 24.6. The van der Waals surface area contributed by atoms with E-state index in [-0.39, 0.29) is 12.2 Å². The van der Waals surface area contributed by atoms with Gasteiger partial charge in [0.05, 0.1) is 45.1 Å². The van der Waals surface area contributed by atoms with Crippen molar-refractivity contribution < 1.29 is 23.7 Å². The predicted molar refractivity (Wildman–Crippen MR) is 193 cm³/mol. The van der Waals surface area contributed by atoms with Gasteiger partial charge in [-0.05, 0) is 67.1 Å². The van der Waals surface area contributed by atoms with Crippen molar-refractivity contribution in [2.24, 2.45) is 0 Å². The summed E-state index contributed by atoms with van der Waals surface area (Å²) in [6.45, 7) is 6.94. The Kier molecular flexibility index (Phi) is 10.8. The Bertz CT molecular complexity index is 1870. The number of ketones is 1. The minimum atomic E-state index is -0.0708. The number of carbonyl (C=O) groups excluding carboxylic acids is 1. The highest BCUT2D eigenvalue weighted by molar-refractivity contribution is 5.96. The van der Waals surface area contributed by atoms with Crippen molar-refractivity contribution in [2.45, 2.75) is 31.6 Å². The Balaban J connectivity index is 0.951. The molecule has 0 bridgehead atoms. The largest absolute Gasteiger partial charge is 0.493 e. The summed E-state index contributed by atoms with van der Waals surface area (Å²) in [6, 6.07) is 23.9. The molecule has 0 amide bonds.